The molecule has 0 fully saturated rings. The van der Waals surface area contributed by atoms with E-state index in [4.69, 9.17) is 0 Å². The number of aliphatic hydroxyl groups excluding tert-OH is 1. The Hall–Kier alpha value is -4.87. The summed E-state index contributed by atoms with van der Waals surface area (Å²) in [5.74, 6) is -3.95. The number of aliphatic hydroxyl groups is 1. The maximum atomic E-state index is 15.7. The largest absolute Gasteiger partial charge is 0.390 e. The van der Waals surface area contributed by atoms with Crippen molar-refractivity contribution in [2.75, 3.05) is 36.4 Å². The van der Waals surface area contributed by atoms with Crippen molar-refractivity contribution in [2.24, 2.45) is 7.05 Å². The predicted octanol–water partition coefficient (Wildman–Crippen LogP) is 4.84. The molecule has 2 bridgehead atoms. The normalized spacial score (nSPS) is 17.7. The molecule has 0 spiro atoms. The third-order valence-electron chi connectivity index (χ3n) is 8.84. The lowest BCUT2D eigenvalue weighted by Crippen LogP contribution is -2.40. The average molecular weight is 628 g/mol. The number of amides is 3. The Bertz CT molecular complexity index is 1820. The summed E-state index contributed by atoms with van der Waals surface area (Å²) < 4.78 is 31.5. The number of carbonyl (C=O) groups excluding carboxylic acids is 3. The number of rotatable bonds is 10. The first kappa shape index (κ1) is 31.1. The Morgan fingerprint density at radius 2 is 1.78 bits per heavy atom. The molecule has 6 rings (SSSR count). The molecular formula is C35H35F2N5O4. The average Bonchev–Trinajstić information content (AvgIpc) is 3.53. The van der Waals surface area contributed by atoms with Crippen LogP contribution in [-0.4, -0.2) is 64.6 Å². The first-order valence-electron chi connectivity index (χ1n) is 15.3. The summed E-state index contributed by atoms with van der Waals surface area (Å²) in [6.45, 7) is 5.70. The molecule has 1 aromatic heterocycles. The zero-order valence-corrected chi connectivity index (χ0v) is 25.8. The van der Waals surface area contributed by atoms with Crippen molar-refractivity contribution < 1.29 is 28.3 Å². The minimum Gasteiger partial charge on any atom is -0.390 e. The lowest BCUT2D eigenvalue weighted by Gasteiger charge is -2.35. The van der Waals surface area contributed by atoms with Crippen LogP contribution >= 0.6 is 0 Å². The third kappa shape index (κ3) is 5.45. The fourth-order valence-corrected chi connectivity index (χ4v) is 6.59. The van der Waals surface area contributed by atoms with Gasteiger partial charge in [-0.05, 0) is 61.1 Å². The molecule has 4 aromatic rings. The molecule has 2 aliphatic rings. The quantitative estimate of drug-likeness (QED) is 0.233. The van der Waals surface area contributed by atoms with Crippen molar-refractivity contribution in [3.05, 3.63) is 107 Å². The summed E-state index contributed by atoms with van der Waals surface area (Å²) in [5.41, 5.74) is 2.45. The predicted molar refractivity (Wildman–Crippen MR) is 171 cm³/mol. The van der Waals surface area contributed by atoms with Gasteiger partial charge in [0, 0.05) is 60.5 Å². The second-order valence-electron chi connectivity index (χ2n) is 11.6. The summed E-state index contributed by atoms with van der Waals surface area (Å²) >= 11 is 0. The van der Waals surface area contributed by atoms with Crippen LogP contribution < -0.4 is 15.5 Å². The van der Waals surface area contributed by atoms with E-state index in [9.17, 15) is 23.9 Å². The van der Waals surface area contributed by atoms with Gasteiger partial charge in [-0.15, -0.1) is 0 Å². The summed E-state index contributed by atoms with van der Waals surface area (Å²) in [4.78, 5) is 45.4. The second kappa shape index (κ2) is 12.5. The Balaban J connectivity index is 1.54. The summed E-state index contributed by atoms with van der Waals surface area (Å²) in [6.07, 6.45) is 0.652. The number of hydrogen-bond acceptors (Lipinski definition) is 5. The van der Waals surface area contributed by atoms with E-state index in [2.05, 4.69) is 10.6 Å². The van der Waals surface area contributed by atoms with Gasteiger partial charge in [-0.25, -0.2) is 8.78 Å². The Labute approximate surface area is 265 Å². The number of fused-ring (bicyclic) bond motifs is 1. The van der Waals surface area contributed by atoms with E-state index in [1.165, 1.54) is 17.2 Å². The van der Waals surface area contributed by atoms with Gasteiger partial charge >= 0.3 is 0 Å². The van der Waals surface area contributed by atoms with Crippen molar-refractivity contribution in [3.63, 3.8) is 0 Å². The molecule has 238 valence electrons. The minimum atomic E-state index is -1.03. The molecule has 3 unspecified atom stereocenters. The van der Waals surface area contributed by atoms with E-state index < -0.39 is 35.6 Å². The van der Waals surface area contributed by atoms with Gasteiger partial charge in [0.05, 0.1) is 29.3 Å². The van der Waals surface area contributed by atoms with Gasteiger partial charge in [0.15, 0.2) is 0 Å². The fourth-order valence-electron chi connectivity index (χ4n) is 6.59. The van der Waals surface area contributed by atoms with Crippen molar-refractivity contribution in [1.82, 2.24) is 14.8 Å². The number of nitrogens with zero attached hydrogens (tertiary/aromatic N) is 3. The molecule has 46 heavy (non-hydrogen) atoms. The van der Waals surface area contributed by atoms with Gasteiger partial charge in [0.25, 0.3) is 11.8 Å². The van der Waals surface area contributed by atoms with Crippen LogP contribution in [0.1, 0.15) is 57.8 Å². The number of carbonyl (C=O) groups is 3. The Morgan fingerprint density at radius 1 is 1.04 bits per heavy atom. The molecule has 0 saturated heterocycles. The Kier molecular flexibility index (Phi) is 8.45. The van der Waals surface area contributed by atoms with E-state index in [-0.39, 0.29) is 35.0 Å². The first-order valence-corrected chi connectivity index (χ1v) is 15.3. The zero-order chi connectivity index (χ0) is 32.7. The van der Waals surface area contributed by atoms with E-state index in [1.54, 1.807) is 60.1 Å². The Morgan fingerprint density at radius 3 is 2.48 bits per heavy atom. The molecule has 3 amide bonds. The number of anilines is 2. The summed E-state index contributed by atoms with van der Waals surface area (Å²) in [7, 11) is 1.66. The lowest BCUT2D eigenvalue weighted by molar-refractivity contribution is -0.117. The van der Waals surface area contributed by atoms with Gasteiger partial charge in [-0.1, -0.05) is 32.0 Å². The van der Waals surface area contributed by atoms with Crippen LogP contribution in [0.4, 0.5) is 20.2 Å². The molecule has 0 aliphatic carbocycles. The SMILES string of the molecule is CCN(CC)CC(O)CNC(=O)c1cn(C)c(C2C3C(=O)Nc4ccc(cc43)C(=O)N2c2ccccc2)c1-c1ccc(F)cc1F. The van der Waals surface area contributed by atoms with Crippen LogP contribution in [0.3, 0.4) is 0 Å². The second-order valence-corrected chi connectivity index (χ2v) is 11.6. The lowest BCUT2D eigenvalue weighted by atomic mass is 9.86. The molecule has 3 N–H and O–H groups in total. The van der Waals surface area contributed by atoms with E-state index in [0.717, 1.165) is 25.2 Å². The molecule has 11 heteroatoms. The number of benzene rings is 3. The van der Waals surface area contributed by atoms with Gasteiger partial charge in [0.2, 0.25) is 5.91 Å². The van der Waals surface area contributed by atoms with Crippen LogP contribution in [0.2, 0.25) is 0 Å². The summed E-state index contributed by atoms with van der Waals surface area (Å²) in [5, 5.41) is 16.3. The van der Waals surface area contributed by atoms with Crippen molar-refractivity contribution in [1.29, 1.82) is 0 Å². The van der Waals surface area contributed by atoms with Crippen molar-refractivity contribution >= 4 is 29.1 Å². The van der Waals surface area contributed by atoms with E-state index in [0.29, 0.717) is 34.7 Å². The molecule has 0 saturated carbocycles. The number of para-hydroxylation sites is 1. The standard InChI is InChI=1S/C35H35F2N5O4/c1-4-41(5-2)18-23(43)17-38-33(44)26-19-40(3)31(29(26)24-13-12-21(36)16-27(24)37)32-30-25-15-20(11-14-28(25)39-34(30)45)35(46)42(32)22-9-7-6-8-10-22/h6-16,19,23,30,32,43H,4-5,17-18H2,1-3H3,(H,38,44)(H,39,45). The molecule has 3 atom stereocenters. The van der Waals surface area contributed by atoms with Crippen LogP contribution in [0.25, 0.3) is 11.1 Å². The maximum Gasteiger partial charge on any atom is 0.258 e. The van der Waals surface area contributed by atoms with E-state index in [1.807, 2.05) is 18.7 Å². The van der Waals surface area contributed by atoms with Gasteiger partial charge in [-0.2, -0.15) is 0 Å². The highest BCUT2D eigenvalue weighted by atomic mass is 19.1. The van der Waals surface area contributed by atoms with Crippen molar-refractivity contribution in [2.45, 2.75) is 31.9 Å². The molecule has 2 aliphatic heterocycles. The third-order valence-corrected chi connectivity index (χ3v) is 8.84. The minimum absolute atomic E-state index is 0.0492. The monoisotopic (exact) mass is 627 g/mol. The van der Waals surface area contributed by atoms with Crippen LogP contribution in [0.15, 0.2) is 72.9 Å². The number of aromatic nitrogens is 1. The molecule has 9 nitrogen and oxygen atoms in total. The van der Waals surface area contributed by atoms with Crippen LogP contribution in [0.5, 0.6) is 0 Å². The zero-order valence-electron chi connectivity index (χ0n) is 25.8. The number of aryl methyl sites for hydroxylation is 1. The highest BCUT2D eigenvalue weighted by Crippen LogP contribution is 2.51. The van der Waals surface area contributed by atoms with Gasteiger partial charge in [0.1, 0.15) is 11.6 Å². The fraction of sp³-hybridized carbons (Fsp3) is 0.286. The first-order chi connectivity index (χ1) is 22.1. The van der Waals surface area contributed by atoms with E-state index >= 15 is 4.39 Å². The number of nitrogens with one attached hydrogen (secondary N) is 2. The number of halogens is 2. The maximum absolute atomic E-state index is 15.7. The highest BCUT2D eigenvalue weighted by molar-refractivity contribution is 6.13. The molecule has 3 heterocycles. The highest BCUT2D eigenvalue weighted by Gasteiger charge is 2.48. The number of hydrogen-bond donors (Lipinski definition) is 3. The van der Waals surface area contributed by atoms with Gasteiger partial charge < -0.3 is 25.2 Å². The molecule has 3 aromatic carbocycles. The molecule has 0 radical (unpaired) electrons. The number of likely N-dealkylation sites (N-methyl/N-ethyl adjacent to an activating group) is 1. The van der Waals surface area contributed by atoms with Crippen molar-refractivity contribution in [3.8, 4) is 11.1 Å². The topological polar surface area (TPSA) is 107 Å². The summed E-state index contributed by atoms with van der Waals surface area (Å²) in [6, 6.07) is 15.9. The van der Waals surface area contributed by atoms with Crippen LogP contribution in [0, 0.1) is 11.6 Å². The smallest absolute Gasteiger partial charge is 0.258 e. The van der Waals surface area contributed by atoms with Gasteiger partial charge in [-0.3, -0.25) is 19.3 Å². The van der Waals surface area contributed by atoms with Crippen LogP contribution in [-0.2, 0) is 11.8 Å². The molecular weight excluding hydrogens is 592 g/mol.